The number of amides is 1. The number of carbonyl (C=O) groups excluding carboxylic acids is 2. The summed E-state index contributed by atoms with van der Waals surface area (Å²) >= 11 is 0. The number of ether oxygens (including phenoxy) is 3. The Morgan fingerprint density at radius 1 is 0.791 bits per heavy atom. The van der Waals surface area contributed by atoms with Crippen molar-refractivity contribution in [2.24, 2.45) is 0 Å². The summed E-state index contributed by atoms with van der Waals surface area (Å²) in [6.07, 6.45) is 0. The third kappa shape index (κ3) is 5.84. The van der Waals surface area contributed by atoms with Gasteiger partial charge in [-0.1, -0.05) is 42.5 Å². The van der Waals surface area contributed by atoms with Crippen LogP contribution in [0, 0.1) is 20.8 Å². The second-order valence-corrected chi connectivity index (χ2v) is 10.5. The molecule has 0 aliphatic carbocycles. The Morgan fingerprint density at radius 2 is 1.53 bits per heavy atom. The molecule has 0 spiro atoms. The molecule has 0 bridgehead atoms. The van der Waals surface area contributed by atoms with Crippen molar-refractivity contribution < 1.29 is 28.9 Å². The van der Waals surface area contributed by atoms with E-state index in [0.29, 0.717) is 47.3 Å². The fourth-order valence-corrected chi connectivity index (χ4v) is 5.27. The van der Waals surface area contributed by atoms with Crippen molar-refractivity contribution in [3.8, 4) is 17.2 Å². The van der Waals surface area contributed by atoms with Crippen LogP contribution in [0.15, 0.2) is 90.5 Å². The summed E-state index contributed by atoms with van der Waals surface area (Å²) in [7, 11) is 1.55. The van der Waals surface area contributed by atoms with Gasteiger partial charge < -0.3 is 19.3 Å². The summed E-state index contributed by atoms with van der Waals surface area (Å²) in [5.74, 6) is -0.0933. The highest BCUT2D eigenvalue weighted by Crippen LogP contribution is 2.44. The Hall–Kier alpha value is -5.04. The lowest BCUT2D eigenvalue weighted by Gasteiger charge is -2.26. The smallest absolute Gasteiger partial charge is 0.300 e. The Kier molecular flexibility index (Phi) is 8.53. The van der Waals surface area contributed by atoms with Crippen LogP contribution in [0.3, 0.4) is 0 Å². The summed E-state index contributed by atoms with van der Waals surface area (Å²) in [4.78, 5) is 28.8. The number of methoxy groups -OCH3 is 1. The van der Waals surface area contributed by atoms with Gasteiger partial charge in [0.2, 0.25) is 0 Å². The van der Waals surface area contributed by atoms with Gasteiger partial charge in [-0.3, -0.25) is 14.5 Å². The number of Topliss-reactive ketones (excluding diaryl/α,β-unsaturated/α-hetero) is 1. The van der Waals surface area contributed by atoms with E-state index in [0.717, 1.165) is 22.3 Å². The molecule has 1 saturated heterocycles. The average molecular weight is 578 g/mol. The minimum atomic E-state index is -0.901. The number of benzene rings is 4. The van der Waals surface area contributed by atoms with E-state index in [1.54, 1.807) is 43.5 Å². The molecule has 0 aromatic heterocycles. The second-order valence-electron chi connectivity index (χ2n) is 10.5. The van der Waals surface area contributed by atoms with Crippen molar-refractivity contribution in [2.45, 2.75) is 40.3 Å². The number of anilines is 1. The lowest BCUT2D eigenvalue weighted by molar-refractivity contribution is -0.132. The number of aryl methyl sites for hydroxylation is 3. The molecule has 4 aromatic carbocycles. The highest BCUT2D eigenvalue weighted by Gasteiger charge is 2.47. The number of aliphatic hydroxyl groups is 1. The van der Waals surface area contributed by atoms with Crippen LogP contribution in [-0.2, 0) is 16.2 Å². The minimum absolute atomic E-state index is 0.00630. The standard InChI is InChI=1S/C36H35NO6/c1-6-42-31-20-26(13-17-30(31)41-5)33-32(35(39)36(40)37(33)28-15-12-22(2)23(3)19-28)34(38)27-14-16-29(24(4)18-27)43-21-25-10-8-7-9-11-25/h7-20,33,38H,6,21H2,1-5H3/b34-32+. The normalized spacial score (nSPS) is 15.9. The van der Waals surface area contributed by atoms with Gasteiger partial charge in [-0.15, -0.1) is 0 Å². The molecule has 1 unspecified atom stereocenters. The van der Waals surface area contributed by atoms with E-state index in [4.69, 9.17) is 14.2 Å². The summed E-state index contributed by atoms with van der Waals surface area (Å²) in [6.45, 7) is 8.47. The van der Waals surface area contributed by atoms with Crippen molar-refractivity contribution >= 4 is 23.1 Å². The van der Waals surface area contributed by atoms with Gasteiger partial charge in [0.15, 0.2) is 11.5 Å². The van der Waals surface area contributed by atoms with Crippen LogP contribution in [0.2, 0.25) is 0 Å². The Bertz CT molecular complexity index is 1710. The fraction of sp³-hybridized carbons (Fsp3) is 0.222. The number of ketones is 1. The first-order valence-electron chi connectivity index (χ1n) is 14.2. The number of aliphatic hydroxyl groups excluding tert-OH is 1. The summed E-state index contributed by atoms with van der Waals surface area (Å²) in [5, 5.41) is 11.7. The van der Waals surface area contributed by atoms with Crippen LogP contribution in [0.5, 0.6) is 17.2 Å². The number of nitrogens with zero attached hydrogens (tertiary/aromatic N) is 1. The highest BCUT2D eigenvalue weighted by molar-refractivity contribution is 6.51. The SMILES string of the molecule is CCOc1cc(C2/C(=C(\O)c3ccc(OCc4ccccc4)c(C)c3)C(=O)C(=O)N2c2ccc(C)c(C)c2)ccc1OC. The first-order valence-corrected chi connectivity index (χ1v) is 14.2. The van der Waals surface area contributed by atoms with Gasteiger partial charge >= 0.3 is 0 Å². The largest absolute Gasteiger partial charge is 0.507 e. The molecule has 43 heavy (non-hydrogen) atoms. The molecular formula is C36H35NO6. The Labute approximate surface area is 252 Å². The van der Waals surface area contributed by atoms with Gasteiger partial charge in [0.05, 0.1) is 25.3 Å². The third-order valence-electron chi connectivity index (χ3n) is 7.70. The topological polar surface area (TPSA) is 85.3 Å². The molecule has 220 valence electrons. The van der Waals surface area contributed by atoms with Crippen molar-refractivity contribution in [1.82, 2.24) is 0 Å². The van der Waals surface area contributed by atoms with Crippen LogP contribution in [0.4, 0.5) is 5.69 Å². The Balaban J connectivity index is 1.61. The zero-order valence-corrected chi connectivity index (χ0v) is 25.0. The predicted octanol–water partition coefficient (Wildman–Crippen LogP) is 7.22. The average Bonchev–Trinajstić information content (AvgIpc) is 3.28. The van der Waals surface area contributed by atoms with Gasteiger partial charge in [0.25, 0.3) is 11.7 Å². The third-order valence-corrected chi connectivity index (χ3v) is 7.70. The first kappa shape index (κ1) is 29.5. The monoisotopic (exact) mass is 577 g/mol. The van der Waals surface area contributed by atoms with Crippen LogP contribution < -0.4 is 19.1 Å². The van der Waals surface area contributed by atoms with Crippen molar-refractivity contribution in [1.29, 1.82) is 0 Å². The number of hydrogen-bond acceptors (Lipinski definition) is 6. The maximum Gasteiger partial charge on any atom is 0.300 e. The molecule has 5 rings (SSSR count). The molecule has 7 nitrogen and oxygen atoms in total. The van der Waals surface area contributed by atoms with Crippen LogP contribution in [-0.4, -0.2) is 30.5 Å². The fourth-order valence-electron chi connectivity index (χ4n) is 5.27. The molecule has 1 atom stereocenters. The quantitative estimate of drug-likeness (QED) is 0.128. The maximum atomic E-state index is 13.7. The highest BCUT2D eigenvalue weighted by atomic mass is 16.5. The van der Waals surface area contributed by atoms with E-state index in [1.807, 2.05) is 76.2 Å². The molecule has 0 radical (unpaired) electrons. The zero-order chi connectivity index (χ0) is 30.7. The number of hydrogen-bond donors (Lipinski definition) is 1. The van der Waals surface area contributed by atoms with Crippen molar-refractivity contribution in [2.75, 3.05) is 18.6 Å². The first-order chi connectivity index (χ1) is 20.7. The van der Waals surface area contributed by atoms with Gasteiger partial charge in [-0.2, -0.15) is 0 Å². The summed E-state index contributed by atoms with van der Waals surface area (Å²) in [6, 6.07) is 25.0. The van der Waals surface area contributed by atoms with Crippen molar-refractivity contribution in [3.63, 3.8) is 0 Å². The molecule has 0 saturated carbocycles. The van der Waals surface area contributed by atoms with E-state index < -0.39 is 17.7 Å². The molecule has 1 amide bonds. The van der Waals surface area contributed by atoms with Crippen LogP contribution >= 0.6 is 0 Å². The molecule has 1 aliphatic rings. The number of rotatable bonds is 9. The van der Waals surface area contributed by atoms with E-state index in [9.17, 15) is 14.7 Å². The molecule has 1 heterocycles. The van der Waals surface area contributed by atoms with E-state index in [2.05, 4.69) is 0 Å². The second kappa shape index (κ2) is 12.4. The van der Waals surface area contributed by atoms with E-state index in [1.165, 1.54) is 4.90 Å². The van der Waals surface area contributed by atoms with Crippen molar-refractivity contribution in [3.05, 3.63) is 124 Å². The van der Waals surface area contributed by atoms with Gasteiger partial charge in [0.1, 0.15) is 18.1 Å². The molecular weight excluding hydrogens is 542 g/mol. The molecule has 4 aromatic rings. The molecule has 1 N–H and O–H groups in total. The zero-order valence-electron chi connectivity index (χ0n) is 25.0. The summed E-state index contributed by atoms with van der Waals surface area (Å²) < 4.78 is 17.3. The lowest BCUT2D eigenvalue weighted by Crippen LogP contribution is -2.29. The van der Waals surface area contributed by atoms with E-state index in [-0.39, 0.29) is 11.3 Å². The van der Waals surface area contributed by atoms with Gasteiger partial charge in [0, 0.05) is 11.3 Å². The summed E-state index contributed by atoms with van der Waals surface area (Å²) in [5.41, 5.74) is 5.41. The van der Waals surface area contributed by atoms with E-state index >= 15 is 0 Å². The molecule has 7 heteroatoms. The molecule has 1 aliphatic heterocycles. The number of carbonyl (C=O) groups is 2. The Morgan fingerprint density at radius 3 is 2.21 bits per heavy atom. The van der Waals surface area contributed by atoms with Crippen LogP contribution in [0.1, 0.15) is 46.3 Å². The van der Waals surface area contributed by atoms with Crippen LogP contribution in [0.25, 0.3) is 5.76 Å². The minimum Gasteiger partial charge on any atom is -0.507 e. The predicted molar refractivity (Wildman–Crippen MR) is 167 cm³/mol. The lowest BCUT2D eigenvalue weighted by atomic mass is 9.94. The van der Waals surface area contributed by atoms with Gasteiger partial charge in [-0.25, -0.2) is 0 Å². The maximum absolute atomic E-state index is 13.7. The molecule has 1 fully saturated rings. The van der Waals surface area contributed by atoms with Gasteiger partial charge in [-0.05, 0) is 98.0 Å².